The molecule has 1 atom stereocenters. The third-order valence-electron chi connectivity index (χ3n) is 5.58. The van der Waals surface area contributed by atoms with Gasteiger partial charge in [0.2, 0.25) is 0 Å². The Labute approximate surface area is 172 Å². The molecule has 29 heavy (non-hydrogen) atoms. The van der Waals surface area contributed by atoms with Crippen LogP contribution >= 0.6 is 11.6 Å². The first-order valence-electron chi connectivity index (χ1n) is 10.0. The largest absolute Gasteiger partial charge is 0.356 e. The van der Waals surface area contributed by atoms with E-state index in [2.05, 4.69) is 5.32 Å². The van der Waals surface area contributed by atoms with Crippen LogP contribution in [-0.2, 0) is 4.74 Å². The molecule has 1 aromatic heterocycles. The minimum absolute atomic E-state index is 0.151. The maximum Gasteiger partial charge on any atom is 0.256 e. The third kappa shape index (κ3) is 3.63. The highest BCUT2D eigenvalue weighted by Crippen LogP contribution is 2.46. The van der Waals surface area contributed by atoms with Gasteiger partial charge in [0.05, 0.1) is 5.52 Å². The van der Waals surface area contributed by atoms with E-state index in [0.717, 1.165) is 48.6 Å². The first-order chi connectivity index (χ1) is 14.1. The Morgan fingerprint density at radius 2 is 1.97 bits per heavy atom. The van der Waals surface area contributed by atoms with Gasteiger partial charge >= 0.3 is 0 Å². The zero-order valence-corrected chi connectivity index (χ0v) is 16.6. The van der Waals surface area contributed by atoms with E-state index in [1.165, 1.54) is 24.3 Å². The number of hydrogen-bond acceptors (Lipinski definition) is 3. The van der Waals surface area contributed by atoms with E-state index in [0.29, 0.717) is 28.9 Å². The summed E-state index contributed by atoms with van der Waals surface area (Å²) in [7, 11) is 0. The van der Waals surface area contributed by atoms with Crippen LogP contribution < -0.4 is 5.32 Å². The SMILES string of the molecule is O=C(Nc1nn(C2CCCCO2)c2c(C3CC3)cc(Cl)cc12)c1ccc(F)cc1. The van der Waals surface area contributed by atoms with Crippen molar-refractivity contribution in [2.75, 3.05) is 11.9 Å². The molecule has 2 fully saturated rings. The summed E-state index contributed by atoms with van der Waals surface area (Å²) in [4.78, 5) is 12.7. The number of amides is 1. The summed E-state index contributed by atoms with van der Waals surface area (Å²) in [5.41, 5.74) is 2.52. The van der Waals surface area contributed by atoms with Crippen LogP contribution in [0.15, 0.2) is 36.4 Å². The topological polar surface area (TPSA) is 56.2 Å². The van der Waals surface area contributed by atoms with Gasteiger partial charge in [-0.15, -0.1) is 0 Å². The summed E-state index contributed by atoms with van der Waals surface area (Å²) < 4.78 is 21.1. The highest BCUT2D eigenvalue weighted by atomic mass is 35.5. The standard InChI is InChI=1S/C22H21ClFN3O2/c23-15-11-17(13-4-5-13)20-18(12-15)21(26-27(20)19-3-1-2-10-29-19)25-22(28)14-6-8-16(24)9-7-14/h6-9,11-13,19H,1-5,10H2,(H,25,26,28). The molecule has 7 heteroatoms. The van der Waals surface area contributed by atoms with E-state index in [1.807, 2.05) is 16.8 Å². The second-order valence-corrected chi connectivity index (χ2v) is 8.18. The van der Waals surface area contributed by atoms with Crippen LogP contribution in [0.3, 0.4) is 0 Å². The number of halogens is 2. The highest BCUT2D eigenvalue weighted by Gasteiger charge is 2.31. The van der Waals surface area contributed by atoms with Crippen molar-refractivity contribution >= 4 is 34.2 Å². The summed E-state index contributed by atoms with van der Waals surface area (Å²) in [5.74, 6) is 0.199. The Morgan fingerprint density at radius 3 is 2.66 bits per heavy atom. The molecule has 2 aliphatic rings. The van der Waals surface area contributed by atoms with Gasteiger partial charge < -0.3 is 10.1 Å². The Morgan fingerprint density at radius 1 is 1.17 bits per heavy atom. The maximum absolute atomic E-state index is 13.2. The van der Waals surface area contributed by atoms with Crippen molar-refractivity contribution in [1.29, 1.82) is 0 Å². The number of carbonyl (C=O) groups is 1. The molecular formula is C22H21ClFN3O2. The summed E-state index contributed by atoms with van der Waals surface area (Å²) in [6.07, 6.45) is 5.11. The normalized spacial score (nSPS) is 19.4. The maximum atomic E-state index is 13.2. The van der Waals surface area contributed by atoms with Crippen LogP contribution in [0.25, 0.3) is 10.9 Å². The molecule has 1 N–H and O–H groups in total. The number of benzene rings is 2. The molecule has 1 aliphatic carbocycles. The Bertz CT molecular complexity index is 1070. The van der Waals surface area contributed by atoms with E-state index in [1.54, 1.807) is 0 Å². The number of fused-ring (bicyclic) bond motifs is 1. The number of anilines is 1. The Kier molecular flexibility index (Phi) is 4.76. The number of ether oxygens (including phenoxy) is 1. The van der Waals surface area contributed by atoms with Gasteiger partial charge in [0.15, 0.2) is 12.0 Å². The van der Waals surface area contributed by atoms with E-state index >= 15 is 0 Å². The fraction of sp³-hybridized carbons (Fsp3) is 0.364. The Hall–Kier alpha value is -2.44. The fourth-order valence-electron chi connectivity index (χ4n) is 3.97. The van der Waals surface area contributed by atoms with Crippen molar-refractivity contribution in [3.63, 3.8) is 0 Å². The zero-order chi connectivity index (χ0) is 20.0. The lowest BCUT2D eigenvalue weighted by Gasteiger charge is -2.24. The molecule has 0 bridgehead atoms. The summed E-state index contributed by atoms with van der Waals surface area (Å²) >= 11 is 6.41. The van der Waals surface area contributed by atoms with Gasteiger partial charge in [-0.1, -0.05) is 11.6 Å². The lowest BCUT2D eigenvalue weighted by atomic mass is 10.1. The molecule has 3 aromatic rings. The van der Waals surface area contributed by atoms with Crippen LogP contribution in [0.4, 0.5) is 10.2 Å². The summed E-state index contributed by atoms with van der Waals surface area (Å²) in [6.45, 7) is 0.704. The Balaban J connectivity index is 1.59. The van der Waals surface area contributed by atoms with E-state index in [-0.39, 0.29) is 18.0 Å². The van der Waals surface area contributed by atoms with Crippen LogP contribution in [0.1, 0.15) is 60.2 Å². The fourth-order valence-corrected chi connectivity index (χ4v) is 4.20. The van der Waals surface area contributed by atoms with Crippen molar-refractivity contribution in [3.05, 3.63) is 58.4 Å². The van der Waals surface area contributed by atoms with E-state index < -0.39 is 0 Å². The summed E-state index contributed by atoms with van der Waals surface area (Å²) in [6, 6.07) is 9.30. The molecular weight excluding hydrogens is 393 g/mol. The molecule has 2 heterocycles. The second kappa shape index (κ2) is 7.43. The lowest BCUT2D eigenvalue weighted by molar-refractivity contribution is -0.0365. The molecule has 5 rings (SSSR count). The van der Waals surface area contributed by atoms with Gasteiger partial charge in [-0.3, -0.25) is 4.79 Å². The molecule has 1 aliphatic heterocycles. The number of carbonyl (C=O) groups excluding carboxylic acids is 1. The first-order valence-corrected chi connectivity index (χ1v) is 10.4. The number of aromatic nitrogens is 2. The summed E-state index contributed by atoms with van der Waals surface area (Å²) in [5, 5.41) is 9.06. The van der Waals surface area contributed by atoms with Gasteiger partial charge in [-0.2, -0.15) is 5.10 Å². The number of rotatable bonds is 4. The number of nitrogens with one attached hydrogen (secondary N) is 1. The molecule has 0 radical (unpaired) electrons. The van der Waals surface area contributed by atoms with Gasteiger partial charge in [0, 0.05) is 22.6 Å². The monoisotopic (exact) mass is 413 g/mol. The predicted molar refractivity (Wildman–Crippen MR) is 110 cm³/mol. The molecule has 150 valence electrons. The van der Waals surface area contributed by atoms with Crippen molar-refractivity contribution in [1.82, 2.24) is 9.78 Å². The van der Waals surface area contributed by atoms with Crippen molar-refractivity contribution < 1.29 is 13.9 Å². The molecule has 5 nitrogen and oxygen atoms in total. The molecule has 2 aromatic carbocycles. The molecule has 0 spiro atoms. The number of hydrogen-bond donors (Lipinski definition) is 1. The van der Waals surface area contributed by atoms with Crippen molar-refractivity contribution in [2.24, 2.45) is 0 Å². The zero-order valence-electron chi connectivity index (χ0n) is 15.8. The van der Waals surface area contributed by atoms with Gasteiger partial charge in [0.25, 0.3) is 5.91 Å². The molecule has 1 saturated heterocycles. The van der Waals surface area contributed by atoms with Crippen LogP contribution in [0, 0.1) is 5.82 Å². The quantitative estimate of drug-likeness (QED) is 0.600. The van der Waals surface area contributed by atoms with Crippen LogP contribution in [0.5, 0.6) is 0 Å². The van der Waals surface area contributed by atoms with E-state index in [4.69, 9.17) is 21.4 Å². The highest BCUT2D eigenvalue weighted by molar-refractivity contribution is 6.31. The minimum Gasteiger partial charge on any atom is -0.356 e. The lowest BCUT2D eigenvalue weighted by Crippen LogP contribution is -2.20. The third-order valence-corrected chi connectivity index (χ3v) is 5.80. The van der Waals surface area contributed by atoms with Gasteiger partial charge in [-0.05, 0) is 80.0 Å². The first kappa shape index (κ1) is 18.6. The minimum atomic E-state index is -0.383. The van der Waals surface area contributed by atoms with E-state index in [9.17, 15) is 9.18 Å². The predicted octanol–water partition coefficient (Wildman–Crippen LogP) is 5.66. The molecule has 1 amide bonds. The van der Waals surface area contributed by atoms with Crippen molar-refractivity contribution in [3.8, 4) is 0 Å². The van der Waals surface area contributed by atoms with Gasteiger partial charge in [-0.25, -0.2) is 9.07 Å². The van der Waals surface area contributed by atoms with Crippen LogP contribution in [-0.4, -0.2) is 22.3 Å². The van der Waals surface area contributed by atoms with Crippen LogP contribution in [0.2, 0.25) is 5.02 Å². The smallest absolute Gasteiger partial charge is 0.256 e. The van der Waals surface area contributed by atoms with Gasteiger partial charge in [0.1, 0.15) is 5.82 Å². The number of nitrogens with zero attached hydrogens (tertiary/aromatic N) is 2. The van der Waals surface area contributed by atoms with Crippen molar-refractivity contribution in [2.45, 2.75) is 44.2 Å². The average Bonchev–Trinajstić information content (AvgIpc) is 3.52. The second-order valence-electron chi connectivity index (χ2n) is 7.74. The average molecular weight is 414 g/mol. The molecule has 1 unspecified atom stereocenters. The molecule has 1 saturated carbocycles.